The van der Waals surface area contributed by atoms with Crippen molar-refractivity contribution >= 4 is 46.3 Å². The van der Waals surface area contributed by atoms with Crippen molar-refractivity contribution in [2.24, 2.45) is 5.73 Å². The van der Waals surface area contributed by atoms with E-state index in [0.29, 0.717) is 21.3 Å². The van der Waals surface area contributed by atoms with Crippen molar-refractivity contribution in [2.75, 3.05) is 5.32 Å². The van der Waals surface area contributed by atoms with Gasteiger partial charge in [-0.3, -0.25) is 9.59 Å². The molecule has 0 saturated heterocycles. The number of nitrogens with two attached hydrogens (primary N) is 1. The number of aryl methyl sites for hydroxylation is 2. The molecule has 0 radical (unpaired) electrons. The number of hydrogen-bond donors (Lipinski definition) is 2. The summed E-state index contributed by atoms with van der Waals surface area (Å²) in [5, 5.41) is 3.46. The van der Waals surface area contributed by atoms with E-state index in [1.54, 1.807) is 18.2 Å². The average Bonchev–Trinajstić information content (AvgIpc) is 2.47. The van der Waals surface area contributed by atoms with Crippen molar-refractivity contribution in [1.82, 2.24) is 0 Å². The number of rotatable bonds is 4. The second-order valence-corrected chi connectivity index (χ2v) is 6.24. The minimum atomic E-state index is -0.740. The summed E-state index contributed by atoms with van der Waals surface area (Å²) in [7, 11) is 0. The summed E-state index contributed by atoms with van der Waals surface area (Å²) in [6.07, 6.45) is 1.05. The van der Waals surface area contributed by atoms with Crippen molar-refractivity contribution in [1.29, 1.82) is 0 Å². The van der Waals surface area contributed by atoms with E-state index in [4.69, 9.17) is 28.9 Å². The van der Waals surface area contributed by atoms with Crippen molar-refractivity contribution in [2.45, 2.75) is 13.8 Å². The maximum absolute atomic E-state index is 12.6. The van der Waals surface area contributed by atoms with Gasteiger partial charge in [0.25, 0.3) is 5.91 Å². The second-order valence-electron chi connectivity index (χ2n) is 5.37. The lowest BCUT2D eigenvalue weighted by Crippen LogP contribution is -2.17. The Morgan fingerprint density at radius 2 is 1.62 bits per heavy atom. The van der Waals surface area contributed by atoms with Crippen LogP contribution < -0.4 is 11.1 Å². The predicted molar refractivity (Wildman–Crippen MR) is 98.2 cm³/mol. The number of carbonyl (C=O) groups is 2. The van der Waals surface area contributed by atoms with E-state index in [1.807, 2.05) is 26.0 Å². The van der Waals surface area contributed by atoms with Gasteiger partial charge in [-0.05, 0) is 60.9 Å². The molecule has 0 unspecified atom stereocenters. The van der Waals surface area contributed by atoms with Crippen molar-refractivity contribution in [3.05, 3.63) is 69.2 Å². The third-order valence-corrected chi connectivity index (χ3v) is 3.91. The van der Waals surface area contributed by atoms with Gasteiger partial charge in [-0.15, -0.1) is 0 Å². The van der Waals surface area contributed by atoms with Crippen LogP contribution in [-0.2, 0) is 9.59 Å². The molecule has 0 saturated carbocycles. The maximum atomic E-state index is 12.6. The number of carbonyl (C=O) groups excluding carboxylic acids is 2. The molecule has 3 N–H and O–H groups in total. The molecule has 0 aromatic heterocycles. The van der Waals surface area contributed by atoms with Gasteiger partial charge < -0.3 is 11.1 Å². The number of benzene rings is 2. The molecule has 0 atom stereocenters. The van der Waals surface area contributed by atoms with Gasteiger partial charge in [-0.1, -0.05) is 29.3 Å². The van der Waals surface area contributed by atoms with Crippen LogP contribution in [0.2, 0.25) is 10.0 Å². The van der Waals surface area contributed by atoms with Gasteiger partial charge in [0.15, 0.2) is 0 Å². The minimum Gasteiger partial charge on any atom is -0.366 e. The molecule has 0 aliphatic heterocycles. The standard InChI is InChI=1S/C18H16Cl2N2O2/c1-10-3-4-15(5-11(10)2)22-18(24)16(9-17(21)23)12-6-13(19)8-14(20)7-12/h3-9H,1-2H3,(H2,21,23)(H,22,24). The van der Waals surface area contributed by atoms with Gasteiger partial charge in [0.1, 0.15) is 0 Å². The Morgan fingerprint density at radius 3 is 2.17 bits per heavy atom. The zero-order chi connectivity index (χ0) is 17.9. The molecule has 24 heavy (non-hydrogen) atoms. The molecule has 124 valence electrons. The molecule has 0 fully saturated rings. The molecule has 0 spiro atoms. The van der Waals surface area contributed by atoms with E-state index in [2.05, 4.69) is 5.32 Å². The third kappa shape index (κ3) is 4.60. The lowest BCUT2D eigenvalue weighted by molar-refractivity contribution is -0.114. The number of amides is 2. The summed E-state index contributed by atoms with van der Waals surface area (Å²) >= 11 is 11.9. The Balaban J connectivity index is 2.39. The van der Waals surface area contributed by atoms with E-state index in [1.165, 1.54) is 6.07 Å². The highest BCUT2D eigenvalue weighted by atomic mass is 35.5. The quantitative estimate of drug-likeness (QED) is 0.802. The van der Waals surface area contributed by atoms with Crippen LogP contribution in [0.25, 0.3) is 5.57 Å². The lowest BCUT2D eigenvalue weighted by Gasteiger charge is -2.11. The van der Waals surface area contributed by atoms with Gasteiger partial charge in [-0.25, -0.2) is 0 Å². The molecule has 2 aromatic rings. The Bertz CT molecular complexity index is 825. The summed E-state index contributed by atoms with van der Waals surface area (Å²) < 4.78 is 0. The Kier molecular flexibility index (Phi) is 5.65. The summed E-state index contributed by atoms with van der Waals surface area (Å²) in [6, 6.07) is 10.2. The highest BCUT2D eigenvalue weighted by Crippen LogP contribution is 2.25. The highest BCUT2D eigenvalue weighted by molar-refractivity contribution is 6.36. The Labute approximate surface area is 150 Å². The fourth-order valence-electron chi connectivity index (χ4n) is 2.15. The molecule has 0 aliphatic carbocycles. The van der Waals surface area contributed by atoms with Crippen LogP contribution in [0.5, 0.6) is 0 Å². The van der Waals surface area contributed by atoms with Crippen LogP contribution >= 0.6 is 23.2 Å². The third-order valence-electron chi connectivity index (χ3n) is 3.47. The molecular weight excluding hydrogens is 347 g/mol. The molecular formula is C18H16Cl2N2O2. The largest absolute Gasteiger partial charge is 0.366 e. The van der Waals surface area contributed by atoms with Gasteiger partial charge in [-0.2, -0.15) is 0 Å². The average molecular weight is 363 g/mol. The van der Waals surface area contributed by atoms with Crippen molar-refractivity contribution in [3.8, 4) is 0 Å². The summed E-state index contributed by atoms with van der Waals surface area (Å²) in [5.41, 5.74) is 8.49. The first-order valence-electron chi connectivity index (χ1n) is 7.12. The topological polar surface area (TPSA) is 72.2 Å². The second kappa shape index (κ2) is 7.51. The Hall–Kier alpha value is -2.30. The van der Waals surface area contributed by atoms with E-state index < -0.39 is 11.8 Å². The molecule has 2 amide bonds. The van der Waals surface area contributed by atoms with Crippen LogP contribution in [0, 0.1) is 13.8 Å². The number of anilines is 1. The SMILES string of the molecule is Cc1ccc(NC(=O)C(=CC(N)=O)c2cc(Cl)cc(Cl)c2)cc1C. The summed E-state index contributed by atoms with van der Waals surface area (Å²) in [5.74, 6) is -1.22. The van der Waals surface area contributed by atoms with Crippen LogP contribution in [0.3, 0.4) is 0 Å². The highest BCUT2D eigenvalue weighted by Gasteiger charge is 2.15. The summed E-state index contributed by atoms with van der Waals surface area (Å²) in [6.45, 7) is 3.93. The fourth-order valence-corrected chi connectivity index (χ4v) is 2.68. The molecule has 0 aliphatic rings. The predicted octanol–water partition coefficient (Wildman–Crippen LogP) is 4.12. The van der Waals surface area contributed by atoms with Crippen LogP contribution in [0.15, 0.2) is 42.5 Å². The first kappa shape index (κ1) is 18.0. The van der Waals surface area contributed by atoms with Gasteiger partial charge >= 0.3 is 0 Å². The van der Waals surface area contributed by atoms with E-state index in [0.717, 1.165) is 17.2 Å². The zero-order valence-electron chi connectivity index (χ0n) is 13.2. The van der Waals surface area contributed by atoms with Crippen molar-refractivity contribution in [3.63, 3.8) is 0 Å². The zero-order valence-corrected chi connectivity index (χ0v) is 14.7. The number of halogens is 2. The molecule has 2 rings (SSSR count). The normalized spacial score (nSPS) is 11.2. The molecule has 4 nitrogen and oxygen atoms in total. The first-order chi connectivity index (χ1) is 11.3. The smallest absolute Gasteiger partial charge is 0.256 e. The van der Waals surface area contributed by atoms with Gasteiger partial charge in [0.2, 0.25) is 5.91 Å². The lowest BCUT2D eigenvalue weighted by atomic mass is 10.0. The summed E-state index contributed by atoms with van der Waals surface area (Å²) in [4.78, 5) is 23.9. The van der Waals surface area contributed by atoms with Crippen LogP contribution in [0.1, 0.15) is 16.7 Å². The number of primary amides is 1. The monoisotopic (exact) mass is 362 g/mol. The number of hydrogen-bond acceptors (Lipinski definition) is 2. The van der Waals surface area contributed by atoms with Crippen LogP contribution in [-0.4, -0.2) is 11.8 Å². The van der Waals surface area contributed by atoms with E-state index in [-0.39, 0.29) is 5.57 Å². The van der Waals surface area contributed by atoms with Gasteiger partial charge in [0.05, 0.1) is 5.57 Å². The number of nitrogens with one attached hydrogen (secondary N) is 1. The molecule has 0 heterocycles. The maximum Gasteiger partial charge on any atom is 0.256 e. The Morgan fingerprint density at radius 1 is 1.00 bits per heavy atom. The van der Waals surface area contributed by atoms with E-state index >= 15 is 0 Å². The van der Waals surface area contributed by atoms with Gasteiger partial charge in [0, 0.05) is 21.8 Å². The minimum absolute atomic E-state index is 0.0881. The molecule has 0 bridgehead atoms. The van der Waals surface area contributed by atoms with E-state index in [9.17, 15) is 9.59 Å². The van der Waals surface area contributed by atoms with Crippen LogP contribution in [0.4, 0.5) is 5.69 Å². The fraction of sp³-hybridized carbons (Fsp3) is 0.111. The van der Waals surface area contributed by atoms with Crippen molar-refractivity contribution < 1.29 is 9.59 Å². The molecule has 6 heteroatoms. The first-order valence-corrected chi connectivity index (χ1v) is 7.88. The molecule has 2 aromatic carbocycles.